The van der Waals surface area contributed by atoms with Crippen molar-refractivity contribution in [3.63, 3.8) is 0 Å². The highest BCUT2D eigenvalue weighted by atomic mass is 15.1. The Hall–Kier alpha value is -2.54. The van der Waals surface area contributed by atoms with Crippen molar-refractivity contribution in [2.75, 3.05) is 4.90 Å². The number of nitrogens with zero attached hydrogens (tertiary/aromatic N) is 1. The molecule has 0 spiro atoms. The van der Waals surface area contributed by atoms with Crippen LogP contribution in [0.15, 0.2) is 72.8 Å². The second kappa shape index (κ2) is 15.3. The quantitative estimate of drug-likeness (QED) is 0.252. The molecule has 0 amide bonds. The van der Waals surface area contributed by atoms with Crippen LogP contribution in [0.2, 0.25) is 0 Å². The van der Waals surface area contributed by atoms with E-state index in [0.717, 1.165) is 0 Å². The molecule has 0 aromatic heterocycles. The zero-order valence-electron chi connectivity index (χ0n) is 21.7. The molecule has 3 aromatic rings. The lowest BCUT2D eigenvalue weighted by atomic mass is 10.0. The molecule has 0 saturated carbocycles. The van der Waals surface area contributed by atoms with Gasteiger partial charge in [-0.15, -0.1) is 0 Å². The predicted molar refractivity (Wildman–Crippen MR) is 148 cm³/mol. The van der Waals surface area contributed by atoms with Gasteiger partial charge in [-0.1, -0.05) is 102 Å². The first kappa shape index (κ1) is 26.7. The van der Waals surface area contributed by atoms with Crippen molar-refractivity contribution >= 4 is 17.1 Å². The minimum atomic E-state index is 1.17. The summed E-state index contributed by atoms with van der Waals surface area (Å²) in [6.45, 7) is 10.7. The molecule has 1 heteroatoms. The van der Waals surface area contributed by atoms with Crippen molar-refractivity contribution < 1.29 is 0 Å². The topological polar surface area (TPSA) is 3.24 Å². The zero-order valence-corrected chi connectivity index (χ0v) is 21.7. The van der Waals surface area contributed by atoms with E-state index < -0.39 is 0 Å². The lowest BCUT2D eigenvalue weighted by molar-refractivity contribution is 0.667. The number of hydrogen-bond acceptors (Lipinski definition) is 1. The summed E-state index contributed by atoms with van der Waals surface area (Å²) < 4.78 is 0. The van der Waals surface area contributed by atoms with Crippen LogP contribution < -0.4 is 4.90 Å². The van der Waals surface area contributed by atoms with E-state index in [-0.39, 0.29) is 0 Å². The largest absolute Gasteiger partial charge is 0.311 e. The SMILES string of the molecule is CC.CCCCCCc1ccc(N(c2ccc(C)cc2)c2ccc(CCCCC)cc2)cc1. The summed E-state index contributed by atoms with van der Waals surface area (Å²) in [5, 5.41) is 0. The van der Waals surface area contributed by atoms with Crippen molar-refractivity contribution in [1.82, 2.24) is 0 Å². The fourth-order valence-electron chi connectivity index (χ4n) is 4.10. The molecule has 178 valence electrons. The van der Waals surface area contributed by atoms with Crippen LogP contribution in [0.3, 0.4) is 0 Å². The molecule has 33 heavy (non-hydrogen) atoms. The van der Waals surface area contributed by atoms with Crippen LogP contribution in [0.5, 0.6) is 0 Å². The number of unbranched alkanes of at least 4 members (excludes halogenated alkanes) is 5. The summed E-state index contributed by atoms with van der Waals surface area (Å²) >= 11 is 0. The van der Waals surface area contributed by atoms with Gasteiger partial charge in [0.25, 0.3) is 0 Å². The fraction of sp³-hybridized carbons (Fsp3) is 0.438. The molecule has 0 saturated heterocycles. The van der Waals surface area contributed by atoms with Gasteiger partial charge in [0.15, 0.2) is 0 Å². The van der Waals surface area contributed by atoms with Gasteiger partial charge in [-0.2, -0.15) is 0 Å². The Morgan fingerprint density at radius 1 is 0.485 bits per heavy atom. The Labute approximate surface area is 203 Å². The molecule has 0 unspecified atom stereocenters. The highest BCUT2D eigenvalue weighted by Gasteiger charge is 2.12. The maximum Gasteiger partial charge on any atom is 0.0461 e. The minimum absolute atomic E-state index is 1.17. The third kappa shape index (κ3) is 8.72. The molecular weight excluding hydrogens is 398 g/mol. The van der Waals surface area contributed by atoms with Crippen molar-refractivity contribution in [1.29, 1.82) is 0 Å². The second-order valence-corrected chi connectivity index (χ2v) is 8.77. The van der Waals surface area contributed by atoms with Crippen LogP contribution in [0.1, 0.15) is 89.3 Å². The highest BCUT2D eigenvalue weighted by Crippen LogP contribution is 2.35. The fourth-order valence-corrected chi connectivity index (χ4v) is 4.10. The van der Waals surface area contributed by atoms with Crippen LogP contribution >= 0.6 is 0 Å². The molecule has 3 aromatic carbocycles. The lowest BCUT2D eigenvalue weighted by Gasteiger charge is -2.26. The maximum absolute atomic E-state index is 2.37. The summed E-state index contributed by atoms with van der Waals surface area (Å²) in [4.78, 5) is 2.37. The first-order valence-electron chi connectivity index (χ1n) is 13.3. The summed E-state index contributed by atoms with van der Waals surface area (Å²) in [5.41, 5.74) is 7.81. The van der Waals surface area contributed by atoms with E-state index >= 15 is 0 Å². The van der Waals surface area contributed by atoms with Gasteiger partial charge in [0.05, 0.1) is 0 Å². The normalized spacial score (nSPS) is 10.5. The first-order valence-corrected chi connectivity index (χ1v) is 13.3. The highest BCUT2D eigenvalue weighted by molar-refractivity contribution is 5.76. The van der Waals surface area contributed by atoms with Gasteiger partial charge < -0.3 is 4.90 Å². The van der Waals surface area contributed by atoms with E-state index in [1.807, 2.05) is 13.8 Å². The van der Waals surface area contributed by atoms with Gasteiger partial charge in [-0.05, 0) is 80.1 Å². The van der Waals surface area contributed by atoms with Crippen LogP contribution in [0.25, 0.3) is 0 Å². The van der Waals surface area contributed by atoms with Crippen LogP contribution in [0.4, 0.5) is 17.1 Å². The van der Waals surface area contributed by atoms with Gasteiger partial charge >= 0.3 is 0 Å². The van der Waals surface area contributed by atoms with E-state index in [0.29, 0.717) is 0 Å². The third-order valence-electron chi connectivity index (χ3n) is 6.07. The third-order valence-corrected chi connectivity index (χ3v) is 6.07. The number of rotatable bonds is 12. The smallest absolute Gasteiger partial charge is 0.0461 e. The monoisotopic (exact) mass is 443 g/mol. The molecule has 0 bridgehead atoms. The number of hydrogen-bond donors (Lipinski definition) is 0. The molecule has 0 aliphatic carbocycles. The minimum Gasteiger partial charge on any atom is -0.311 e. The summed E-state index contributed by atoms with van der Waals surface area (Å²) in [7, 11) is 0. The van der Waals surface area contributed by atoms with E-state index in [2.05, 4.69) is 98.5 Å². The maximum atomic E-state index is 2.37. The van der Waals surface area contributed by atoms with Crippen LogP contribution in [-0.2, 0) is 12.8 Å². The van der Waals surface area contributed by atoms with E-state index in [1.54, 1.807) is 0 Å². The average molecular weight is 444 g/mol. The van der Waals surface area contributed by atoms with E-state index in [9.17, 15) is 0 Å². The lowest BCUT2D eigenvalue weighted by Crippen LogP contribution is -2.10. The molecule has 0 N–H and O–H groups in total. The summed E-state index contributed by atoms with van der Waals surface area (Å²) in [6.07, 6.45) is 11.5. The van der Waals surface area contributed by atoms with E-state index in [1.165, 1.54) is 91.5 Å². The number of benzene rings is 3. The zero-order chi connectivity index (χ0) is 23.9. The molecule has 0 heterocycles. The van der Waals surface area contributed by atoms with Gasteiger partial charge in [0.1, 0.15) is 0 Å². The Morgan fingerprint density at radius 3 is 1.27 bits per heavy atom. The molecule has 0 aliphatic heterocycles. The van der Waals surface area contributed by atoms with Crippen molar-refractivity contribution in [2.24, 2.45) is 0 Å². The average Bonchev–Trinajstić information content (AvgIpc) is 2.86. The van der Waals surface area contributed by atoms with Crippen LogP contribution in [-0.4, -0.2) is 0 Å². The van der Waals surface area contributed by atoms with Gasteiger partial charge in [0.2, 0.25) is 0 Å². The van der Waals surface area contributed by atoms with Crippen molar-refractivity contribution in [3.05, 3.63) is 89.5 Å². The van der Waals surface area contributed by atoms with Gasteiger partial charge in [0, 0.05) is 17.1 Å². The molecule has 0 fully saturated rings. The Morgan fingerprint density at radius 2 is 0.848 bits per heavy atom. The molecule has 0 aliphatic rings. The Bertz CT molecular complexity index is 875. The molecule has 3 rings (SSSR count). The van der Waals surface area contributed by atoms with Crippen LogP contribution in [0, 0.1) is 6.92 Å². The first-order chi connectivity index (χ1) is 16.2. The standard InChI is InChI=1S/C30H39N.C2H6/c1-4-6-8-10-12-27-17-23-30(24-18-27)31(28-19-13-25(3)14-20-28)29-21-15-26(16-22-29)11-9-7-5-2;1-2/h13-24H,4-12H2,1-3H3;1-2H3. The van der Waals surface area contributed by atoms with Crippen molar-refractivity contribution in [3.8, 4) is 0 Å². The molecule has 0 atom stereocenters. The molecule has 0 radical (unpaired) electrons. The predicted octanol–water partition coefficient (Wildman–Crippen LogP) is 10.3. The summed E-state index contributed by atoms with van der Waals surface area (Å²) in [6, 6.07) is 27.2. The Kier molecular flexibility index (Phi) is 12.4. The van der Waals surface area contributed by atoms with Gasteiger partial charge in [-0.25, -0.2) is 0 Å². The Balaban J connectivity index is 0.00000187. The summed E-state index contributed by atoms with van der Waals surface area (Å²) in [5.74, 6) is 0. The second-order valence-electron chi connectivity index (χ2n) is 8.77. The van der Waals surface area contributed by atoms with E-state index in [4.69, 9.17) is 0 Å². The molecule has 1 nitrogen and oxygen atoms in total. The number of anilines is 3. The molecular formula is C32H45N. The van der Waals surface area contributed by atoms with Gasteiger partial charge in [-0.3, -0.25) is 0 Å². The number of aryl methyl sites for hydroxylation is 3. The van der Waals surface area contributed by atoms with Crippen molar-refractivity contribution in [2.45, 2.75) is 92.4 Å².